The van der Waals surface area contributed by atoms with E-state index in [9.17, 15) is 18.8 Å². The Kier molecular flexibility index (Phi) is 4.36. The largest absolute Gasteiger partial charge is 0.458 e. The normalized spacial score (nSPS) is 12.5. The topological polar surface area (TPSA) is 71.8 Å². The second-order valence-corrected chi connectivity index (χ2v) is 5.61. The number of nitriles is 1. The first-order valence-corrected chi connectivity index (χ1v) is 7.76. The van der Waals surface area contributed by atoms with Gasteiger partial charge in [-0.3, -0.25) is 9.36 Å². The first-order valence-electron chi connectivity index (χ1n) is 7.76. The van der Waals surface area contributed by atoms with Gasteiger partial charge in [-0.05, 0) is 30.7 Å². The van der Waals surface area contributed by atoms with Gasteiger partial charge in [-0.25, -0.2) is 4.98 Å². The summed E-state index contributed by atoms with van der Waals surface area (Å²) >= 11 is 0. The van der Waals surface area contributed by atoms with Crippen molar-refractivity contribution in [3.8, 4) is 6.07 Å². The molecule has 2 aromatic heterocycles. The standard InChI is InChI=1S/C18H15F2N3O2/c1-3-11-8-10(2)16(25-11)15(24)12(9-21)17-22-13-6-4-5-7-14(13)23(17)18(19)20/h4-8,12,18H,3H2,1-2H3/t12-/m0/s1. The lowest BCUT2D eigenvalue weighted by Gasteiger charge is -2.11. The number of benzene rings is 1. The number of alkyl halides is 2. The fourth-order valence-corrected chi connectivity index (χ4v) is 2.80. The Hall–Kier alpha value is -3.01. The van der Waals surface area contributed by atoms with Gasteiger partial charge in [-0.2, -0.15) is 14.0 Å². The zero-order valence-corrected chi connectivity index (χ0v) is 13.7. The first kappa shape index (κ1) is 16.8. The number of fused-ring (bicyclic) bond motifs is 1. The molecule has 0 bridgehead atoms. The molecule has 3 rings (SSSR count). The molecule has 0 aliphatic carbocycles. The number of aryl methyl sites for hydroxylation is 2. The molecular formula is C18H15F2N3O2. The van der Waals surface area contributed by atoms with Crippen LogP contribution in [0, 0.1) is 18.3 Å². The number of rotatable bonds is 5. The number of hydrogen-bond acceptors (Lipinski definition) is 4. The lowest BCUT2D eigenvalue weighted by Crippen LogP contribution is -2.17. The van der Waals surface area contributed by atoms with Crippen LogP contribution in [0.1, 0.15) is 47.1 Å². The minimum absolute atomic E-state index is 0.0104. The molecule has 3 aromatic rings. The van der Waals surface area contributed by atoms with Crippen molar-refractivity contribution < 1.29 is 18.0 Å². The Bertz CT molecular complexity index is 982. The molecule has 0 spiro atoms. The highest BCUT2D eigenvalue weighted by atomic mass is 19.3. The van der Waals surface area contributed by atoms with E-state index in [0.29, 0.717) is 27.8 Å². The van der Waals surface area contributed by atoms with Crippen LogP contribution in [0.5, 0.6) is 0 Å². The number of hydrogen-bond donors (Lipinski definition) is 0. The van der Waals surface area contributed by atoms with Crippen molar-refractivity contribution in [1.29, 1.82) is 5.26 Å². The highest BCUT2D eigenvalue weighted by Gasteiger charge is 2.33. The summed E-state index contributed by atoms with van der Waals surface area (Å²) in [7, 11) is 0. The van der Waals surface area contributed by atoms with Crippen LogP contribution in [0.2, 0.25) is 0 Å². The highest BCUT2D eigenvalue weighted by Crippen LogP contribution is 2.30. The van der Waals surface area contributed by atoms with Gasteiger partial charge in [0.2, 0.25) is 5.78 Å². The number of nitrogens with zero attached hydrogens (tertiary/aromatic N) is 3. The quantitative estimate of drug-likeness (QED) is 0.644. The lowest BCUT2D eigenvalue weighted by atomic mass is 10.0. The molecule has 0 radical (unpaired) electrons. The zero-order chi connectivity index (χ0) is 18.1. The lowest BCUT2D eigenvalue weighted by molar-refractivity contribution is 0.0698. The monoisotopic (exact) mass is 343 g/mol. The van der Waals surface area contributed by atoms with Crippen LogP contribution < -0.4 is 0 Å². The minimum atomic E-state index is -2.92. The first-order chi connectivity index (χ1) is 12.0. The zero-order valence-electron chi connectivity index (χ0n) is 13.7. The predicted molar refractivity (Wildman–Crippen MR) is 86.5 cm³/mol. The molecular weight excluding hydrogens is 328 g/mol. The minimum Gasteiger partial charge on any atom is -0.458 e. The van der Waals surface area contributed by atoms with Crippen LogP contribution in [0.25, 0.3) is 11.0 Å². The van der Waals surface area contributed by atoms with E-state index < -0.39 is 18.3 Å². The van der Waals surface area contributed by atoms with Crippen molar-refractivity contribution in [1.82, 2.24) is 9.55 Å². The van der Waals surface area contributed by atoms with Crippen molar-refractivity contribution in [3.05, 3.63) is 53.2 Å². The van der Waals surface area contributed by atoms with E-state index in [1.54, 1.807) is 37.3 Å². The average Bonchev–Trinajstić information content (AvgIpc) is 3.15. The molecule has 0 aliphatic heterocycles. The van der Waals surface area contributed by atoms with E-state index in [2.05, 4.69) is 4.98 Å². The van der Waals surface area contributed by atoms with Crippen molar-refractivity contribution >= 4 is 16.8 Å². The average molecular weight is 343 g/mol. The van der Waals surface area contributed by atoms with Gasteiger partial charge in [0.05, 0.1) is 17.1 Å². The summed E-state index contributed by atoms with van der Waals surface area (Å²) in [6.45, 7) is 0.625. The number of para-hydroxylation sites is 2. The summed E-state index contributed by atoms with van der Waals surface area (Å²) in [5.74, 6) is -1.82. The fraction of sp³-hybridized carbons (Fsp3) is 0.278. The number of ketones is 1. The van der Waals surface area contributed by atoms with Gasteiger partial charge in [0, 0.05) is 6.42 Å². The summed E-state index contributed by atoms with van der Waals surface area (Å²) in [5, 5.41) is 9.49. The number of furan rings is 1. The van der Waals surface area contributed by atoms with Crippen LogP contribution in [-0.2, 0) is 6.42 Å². The van der Waals surface area contributed by atoms with Gasteiger partial charge >= 0.3 is 6.55 Å². The van der Waals surface area contributed by atoms with Crippen LogP contribution in [0.4, 0.5) is 8.78 Å². The Balaban J connectivity index is 2.14. The predicted octanol–water partition coefficient (Wildman–Crippen LogP) is 4.39. The van der Waals surface area contributed by atoms with Crippen molar-refractivity contribution in [2.45, 2.75) is 32.7 Å². The summed E-state index contributed by atoms with van der Waals surface area (Å²) < 4.78 is 33.2. The number of carbonyl (C=O) groups excluding carboxylic acids is 1. The van der Waals surface area contributed by atoms with Crippen LogP contribution in [0.15, 0.2) is 34.7 Å². The highest BCUT2D eigenvalue weighted by molar-refractivity contribution is 6.01. The number of carbonyl (C=O) groups is 1. The molecule has 25 heavy (non-hydrogen) atoms. The fourth-order valence-electron chi connectivity index (χ4n) is 2.80. The maximum absolute atomic E-state index is 13.6. The van der Waals surface area contributed by atoms with E-state index in [1.165, 1.54) is 6.07 Å². The van der Waals surface area contributed by atoms with Gasteiger partial charge in [-0.15, -0.1) is 0 Å². The maximum Gasteiger partial charge on any atom is 0.320 e. The maximum atomic E-state index is 13.6. The second kappa shape index (κ2) is 6.48. The summed E-state index contributed by atoms with van der Waals surface area (Å²) in [6, 6.07) is 9.80. The third kappa shape index (κ3) is 2.80. The number of aromatic nitrogens is 2. The molecule has 1 atom stereocenters. The molecule has 5 nitrogen and oxygen atoms in total. The molecule has 0 N–H and O–H groups in total. The molecule has 0 saturated heterocycles. The molecule has 128 valence electrons. The van der Waals surface area contributed by atoms with Crippen LogP contribution >= 0.6 is 0 Å². The van der Waals surface area contributed by atoms with E-state index in [1.807, 2.05) is 6.92 Å². The molecule has 0 saturated carbocycles. The van der Waals surface area contributed by atoms with Gasteiger partial charge in [0.25, 0.3) is 0 Å². The Morgan fingerprint density at radius 1 is 1.40 bits per heavy atom. The van der Waals surface area contributed by atoms with Gasteiger partial charge < -0.3 is 4.42 Å². The van der Waals surface area contributed by atoms with Crippen molar-refractivity contribution in [3.63, 3.8) is 0 Å². The van der Waals surface area contributed by atoms with E-state index in [4.69, 9.17) is 4.42 Å². The number of imidazole rings is 1. The van der Waals surface area contributed by atoms with E-state index >= 15 is 0 Å². The van der Waals surface area contributed by atoms with Crippen LogP contribution in [0.3, 0.4) is 0 Å². The third-order valence-corrected chi connectivity index (χ3v) is 4.01. The van der Waals surface area contributed by atoms with Crippen molar-refractivity contribution in [2.75, 3.05) is 0 Å². The number of Topliss-reactive ketones (excluding diaryl/α,β-unsaturated/α-hetero) is 1. The second-order valence-electron chi connectivity index (χ2n) is 5.61. The number of halogens is 2. The summed E-state index contributed by atoms with van der Waals surface area (Å²) in [6.07, 6.45) is 0.584. The van der Waals surface area contributed by atoms with Gasteiger partial charge in [0.15, 0.2) is 11.7 Å². The van der Waals surface area contributed by atoms with Crippen LogP contribution in [-0.4, -0.2) is 15.3 Å². The van der Waals surface area contributed by atoms with E-state index in [0.717, 1.165) is 0 Å². The molecule has 0 amide bonds. The molecule has 1 aromatic carbocycles. The Morgan fingerprint density at radius 3 is 2.72 bits per heavy atom. The Morgan fingerprint density at radius 2 is 2.12 bits per heavy atom. The third-order valence-electron chi connectivity index (χ3n) is 4.01. The van der Waals surface area contributed by atoms with E-state index in [-0.39, 0.29) is 17.1 Å². The molecule has 0 unspecified atom stereocenters. The Labute approximate surface area is 142 Å². The van der Waals surface area contributed by atoms with Gasteiger partial charge in [0.1, 0.15) is 11.6 Å². The molecule has 2 heterocycles. The molecule has 0 aliphatic rings. The molecule has 7 heteroatoms. The molecule has 0 fully saturated rings. The summed E-state index contributed by atoms with van der Waals surface area (Å²) in [4.78, 5) is 16.9. The summed E-state index contributed by atoms with van der Waals surface area (Å²) in [5.41, 5.74) is 1.05. The van der Waals surface area contributed by atoms with Crippen molar-refractivity contribution in [2.24, 2.45) is 0 Å². The SMILES string of the molecule is CCc1cc(C)c(C(=O)[C@H](C#N)c2nc3ccccc3n2C(F)F)o1. The van der Waals surface area contributed by atoms with Gasteiger partial charge in [-0.1, -0.05) is 19.1 Å². The smallest absolute Gasteiger partial charge is 0.320 e.